The maximum atomic E-state index is 13.1. The van der Waals surface area contributed by atoms with Crippen molar-refractivity contribution in [3.63, 3.8) is 0 Å². The molecular weight excluding hydrogens is 396 g/mol. The first-order valence-electron chi connectivity index (χ1n) is 9.50. The van der Waals surface area contributed by atoms with Crippen LogP contribution in [0.15, 0.2) is 101 Å². The number of hydrogen-bond donors (Lipinski definition) is 1. The topological polar surface area (TPSA) is 68.4 Å². The van der Waals surface area contributed by atoms with Crippen molar-refractivity contribution >= 4 is 17.6 Å². The van der Waals surface area contributed by atoms with E-state index in [9.17, 15) is 9.59 Å². The fourth-order valence-electron chi connectivity index (χ4n) is 2.99. The van der Waals surface area contributed by atoms with Crippen molar-refractivity contribution in [2.45, 2.75) is 13.1 Å². The number of nitrogens with zero attached hydrogens (tertiary/aromatic N) is 3. The molecule has 7 heteroatoms. The summed E-state index contributed by atoms with van der Waals surface area (Å²) >= 11 is 1.17. The van der Waals surface area contributed by atoms with Gasteiger partial charge >= 0.3 is 11.7 Å². The van der Waals surface area contributed by atoms with Crippen LogP contribution >= 0.6 is 11.5 Å². The van der Waals surface area contributed by atoms with E-state index in [4.69, 9.17) is 0 Å². The highest BCUT2D eigenvalue weighted by atomic mass is 32.1. The summed E-state index contributed by atoms with van der Waals surface area (Å²) in [6.07, 6.45) is 0. The van der Waals surface area contributed by atoms with Crippen LogP contribution in [0.2, 0.25) is 0 Å². The summed E-state index contributed by atoms with van der Waals surface area (Å²) in [6, 6.07) is 28.1. The zero-order chi connectivity index (χ0) is 20.8. The maximum absolute atomic E-state index is 13.1. The molecule has 3 aromatic carbocycles. The highest BCUT2D eigenvalue weighted by Gasteiger charge is 2.12. The molecule has 1 N–H and O–H groups in total. The number of urea groups is 1. The molecule has 0 fully saturated rings. The van der Waals surface area contributed by atoms with Gasteiger partial charge in [-0.2, -0.15) is 4.99 Å². The zero-order valence-electron chi connectivity index (χ0n) is 16.1. The highest BCUT2D eigenvalue weighted by Crippen LogP contribution is 2.06. The normalized spacial score (nSPS) is 11.4. The number of carbonyl (C=O) groups excluding carboxylic acids is 1. The molecule has 0 aliphatic carbocycles. The van der Waals surface area contributed by atoms with E-state index in [0.717, 1.165) is 11.1 Å². The molecule has 0 radical (unpaired) electrons. The van der Waals surface area contributed by atoms with E-state index in [0.29, 0.717) is 23.6 Å². The largest absolute Gasteiger partial charge is 0.344 e. The summed E-state index contributed by atoms with van der Waals surface area (Å²) in [5.74, 6) is 0. The van der Waals surface area contributed by atoms with Gasteiger partial charge in [-0.1, -0.05) is 78.9 Å². The van der Waals surface area contributed by atoms with E-state index < -0.39 is 6.03 Å². The third kappa shape index (κ3) is 4.64. The van der Waals surface area contributed by atoms with Crippen LogP contribution in [0.5, 0.6) is 0 Å². The van der Waals surface area contributed by atoms with Crippen molar-refractivity contribution in [1.82, 2.24) is 13.8 Å². The third-order valence-electron chi connectivity index (χ3n) is 4.45. The lowest BCUT2D eigenvalue weighted by Crippen LogP contribution is -2.30. The van der Waals surface area contributed by atoms with Crippen LogP contribution in [0.3, 0.4) is 0 Å². The lowest BCUT2D eigenvalue weighted by Gasteiger charge is -2.02. The molecule has 30 heavy (non-hydrogen) atoms. The molecule has 0 spiro atoms. The van der Waals surface area contributed by atoms with Crippen molar-refractivity contribution in [3.8, 4) is 5.69 Å². The predicted octanol–water partition coefficient (Wildman–Crippen LogP) is 3.56. The van der Waals surface area contributed by atoms with Gasteiger partial charge in [0.25, 0.3) is 0 Å². The van der Waals surface area contributed by atoms with Crippen molar-refractivity contribution in [2.75, 3.05) is 0 Å². The van der Waals surface area contributed by atoms with Crippen molar-refractivity contribution in [2.24, 2.45) is 4.99 Å². The predicted molar refractivity (Wildman–Crippen MR) is 118 cm³/mol. The van der Waals surface area contributed by atoms with Crippen LogP contribution in [-0.2, 0) is 13.1 Å². The Balaban J connectivity index is 1.68. The molecule has 0 saturated carbocycles. The summed E-state index contributed by atoms with van der Waals surface area (Å²) in [7, 11) is 0. The van der Waals surface area contributed by atoms with Gasteiger partial charge in [-0.15, -0.1) is 0 Å². The molecule has 0 aliphatic rings. The second-order valence-electron chi connectivity index (χ2n) is 6.61. The van der Waals surface area contributed by atoms with Gasteiger partial charge in [-0.3, -0.25) is 0 Å². The van der Waals surface area contributed by atoms with Gasteiger partial charge in [0.15, 0.2) is 0 Å². The van der Waals surface area contributed by atoms with E-state index in [1.165, 1.54) is 16.1 Å². The Morgan fingerprint density at radius 3 is 2.03 bits per heavy atom. The lowest BCUT2D eigenvalue weighted by molar-refractivity contribution is 0.248. The molecule has 0 saturated heterocycles. The zero-order valence-corrected chi connectivity index (χ0v) is 17.0. The molecule has 4 rings (SSSR count). The summed E-state index contributed by atoms with van der Waals surface area (Å²) in [5.41, 5.74) is 2.41. The average Bonchev–Trinajstić information content (AvgIpc) is 3.08. The maximum Gasteiger partial charge on any atom is 0.344 e. The number of para-hydroxylation sites is 1. The van der Waals surface area contributed by atoms with Gasteiger partial charge in [-0.25, -0.2) is 18.1 Å². The first kappa shape index (κ1) is 19.6. The Bertz CT molecular complexity index is 1240. The van der Waals surface area contributed by atoms with Crippen LogP contribution in [-0.4, -0.2) is 14.6 Å². The van der Waals surface area contributed by atoms with E-state index in [-0.39, 0.29) is 5.69 Å². The minimum atomic E-state index is -0.489. The number of amides is 2. The first-order valence-corrected chi connectivity index (χ1v) is 10.3. The third-order valence-corrected chi connectivity index (χ3v) is 5.40. The monoisotopic (exact) mass is 416 g/mol. The van der Waals surface area contributed by atoms with Crippen LogP contribution in [0.25, 0.3) is 5.69 Å². The molecule has 4 aromatic rings. The second kappa shape index (κ2) is 9.19. The van der Waals surface area contributed by atoms with E-state index in [1.807, 2.05) is 91.0 Å². The number of hydrogen-bond acceptors (Lipinski definition) is 3. The number of nitrogens with one attached hydrogen (secondary N) is 1. The SMILES string of the molecule is O=C(/N=c1\sn(Cc2ccccc2)c(=O)n1-c1ccccc1)NCc1ccccc1. The van der Waals surface area contributed by atoms with Crippen molar-refractivity contribution < 1.29 is 4.79 Å². The lowest BCUT2D eigenvalue weighted by atomic mass is 10.2. The second-order valence-corrected chi connectivity index (χ2v) is 7.59. The summed E-state index contributed by atoms with van der Waals surface area (Å²) < 4.78 is 3.07. The van der Waals surface area contributed by atoms with Gasteiger partial charge in [0, 0.05) is 6.54 Å². The summed E-state index contributed by atoms with van der Waals surface area (Å²) in [6.45, 7) is 0.784. The molecule has 0 bridgehead atoms. The van der Waals surface area contributed by atoms with Gasteiger partial charge in [0.1, 0.15) is 0 Å². The molecular formula is C23H20N4O2S. The average molecular weight is 417 g/mol. The Kier molecular flexibility index (Phi) is 6.01. The number of rotatable bonds is 5. The molecule has 0 aliphatic heterocycles. The smallest absolute Gasteiger partial charge is 0.332 e. The molecule has 0 atom stereocenters. The van der Waals surface area contributed by atoms with Crippen molar-refractivity contribution in [3.05, 3.63) is 117 Å². The first-order chi connectivity index (χ1) is 14.7. The fraction of sp³-hybridized carbons (Fsp3) is 0.0870. The number of aromatic nitrogens is 2. The highest BCUT2D eigenvalue weighted by molar-refractivity contribution is 7.03. The van der Waals surface area contributed by atoms with E-state index >= 15 is 0 Å². The van der Waals surface area contributed by atoms with Crippen LogP contribution in [0, 0.1) is 0 Å². The van der Waals surface area contributed by atoms with E-state index in [1.54, 1.807) is 3.96 Å². The standard InChI is InChI=1S/C23H20N4O2S/c28-21(24-16-18-10-4-1-5-11-18)25-22-27(20-14-8-3-9-15-20)23(29)26(30-22)17-19-12-6-2-7-13-19/h1-15H,16-17H2,(H,24,28)/b25-22-. The summed E-state index contributed by atoms with van der Waals surface area (Å²) in [5, 5.41) is 2.78. The molecule has 0 unspecified atom stereocenters. The molecule has 2 amide bonds. The molecule has 150 valence electrons. The Labute approximate surface area is 177 Å². The van der Waals surface area contributed by atoms with Crippen LogP contribution in [0.1, 0.15) is 11.1 Å². The molecule has 1 aromatic heterocycles. The van der Waals surface area contributed by atoms with Crippen LogP contribution < -0.4 is 15.8 Å². The Morgan fingerprint density at radius 2 is 1.40 bits per heavy atom. The minimum Gasteiger partial charge on any atom is -0.332 e. The van der Waals surface area contributed by atoms with Gasteiger partial charge in [-0.05, 0) is 34.8 Å². The fourth-order valence-corrected chi connectivity index (χ4v) is 3.95. The van der Waals surface area contributed by atoms with Crippen LogP contribution in [0.4, 0.5) is 4.79 Å². The number of benzene rings is 3. The Morgan fingerprint density at radius 1 is 0.833 bits per heavy atom. The molecule has 6 nitrogen and oxygen atoms in total. The van der Waals surface area contributed by atoms with Gasteiger partial charge in [0.05, 0.1) is 12.2 Å². The Hall–Kier alpha value is -3.71. The van der Waals surface area contributed by atoms with Gasteiger partial charge < -0.3 is 5.32 Å². The number of carbonyl (C=O) groups is 1. The minimum absolute atomic E-state index is 0.232. The van der Waals surface area contributed by atoms with Crippen molar-refractivity contribution in [1.29, 1.82) is 0 Å². The summed E-state index contributed by atoms with van der Waals surface area (Å²) in [4.78, 5) is 30.1. The quantitative estimate of drug-likeness (QED) is 0.541. The van der Waals surface area contributed by atoms with Gasteiger partial charge in [0.2, 0.25) is 4.80 Å². The molecule has 1 heterocycles. The van der Waals surface area contributed by atoms with E-state index in [2.05, 4.69) is 10.3 Å².